The summed E-state index contributed by atoms with van der Waals surface area (Å²) in [6, 6.07) is 0. The van der Waals surface area contributed by atoms with E-state index in [2.05, 4.69) is 5.32 Å². The number of ketones is 1. The van der Waals surface area contributed by atoms with Gasteiger partial charge >= 0.3 is 0 Å². The zero-order valence-corrected chi connectivity index (χ0v) is 10.9. The summed E-state index contributed by atoms with van der Waals surface area (Å²) >= 11 is 0. The zero-order chi connectivity index (χ0) is 12.4. The van der Waals surface area contributed by atoms with E-state index in [1.807, 2.05) is 34.6 Å². The summed E-state index contributed by atoms with van der Waals surface area (Å²) in [7, 11) is 0. The van der Waals surface area contributed by atoms with Crippen molar-refractivity contribution in [3.8, 4) is 0 Å². The second-order valence-electron chi connectivity index (χ2n) is 4.21. The molecule has 3 heteroatoms. The monoisotopic (exact) mass is 247 g/mol. The van der Waals surface area contributed by atoms with Crippen molar-refractivity contribution in [1.29, 1.82) is 0 Å². The lowest BCUT2D eigenvalue weighted by atomic mass is 10.1. The van der Waals surface area contributed by atoms with E-state index in [1.165, 1.54) is 0 Å². The predicted molar refractivity (Wildman–Crippen MR) is 77.1 cm³/mol. The van der Waals surface area contributed by atoms with Gasteiger partial charge < -0.3 is 5.32 Å². The molecule has 0 aliphatic heterocycles. The lowest BCUT2D eigenvalue weighted by molar-refractivity contribution is -0.124. The molecule has 0 aromatic rings. The Labute approximate surface area is 108 Å². The highest BCUT2D eigenvalue weighted by atomic mass is 16.1. The molecule has 0 spiro atoms. The highest BCUT2D eigenvalue weighted by molar-refractivity contribution is 5.77. The van der Waals surface area contributed by atoms with E-state index >= 15 is 0 Å². The van der Waals surface area contributed by atoms with E-state index in [-0.39, 0.29) is 38.4 Å². The Morgan fingerprint density at radius 1 is 1.00 bits per heavy atom. The van der Waals surface area contributed by atoms with Crippen LogP contribution in [0.1, 0.15) is 62.8 Å². The molecule has 0 aromatic heterocycles. The van der Waals surface area contributed by atoms with Gasteiger partial charge in [-0.05, 0) is 13.3 Å². The summed E-state index contributed by atoms with van der Waals surface area (Å²) < 4.78 is 0. The molecule has 0 aliphatic rings. The first kappa shape index (κ1) is 25.1. The van der Waals surface area contributed by atoms with Crippen LogP contribution in [0.3, 0.4) is 0 Å². The van der Waals surface area contributed by atoms with Crippen molar-refractivity contribution in [3.05, 3.63) is 0 Å². The van der Waals surface area contributed by atoms with Gasteiger partial charge in [-0.15, -0.1) is 0 Å². The molecule has 0 fully saturated rings. The van der Waals surface area contributed by atoms with Gasteiger partial charge in [-0.2, -0.15) is 0 Å². The van der Waals surface area contributed by atoms with Gasteiger partial charge in [-0.1, -0.05) is 49.5 Å². The van der Waals surface area contributed by atoms with E-state index < -0.39 is 0 Å². The average Bonchev–Trinajstić information content (AvgIpc) is 2.14. The third-order valence-electron chi connectivity index (χ3n) is 1.89. The van der Waals surface area contributed by atoms with Crippen molar-refractivity contribution in [1.82, 2.24) is 5.32 Å². The van der Waals surface area contributed by atoms with Crippen molar-refractivity contribution < 1.29 is 9.59 Å². The van der Waals surface area contributed by atoms with Gasteiger partial charge in [0.05, 0.1) is 0 Å². The topological polar surface area (TPSA) is 46.2 Å². The maximum Gasteiger partial charge on any atom is 0.222 e. The fourth-order valence-corrected chi connectivity index (χ4v) is 0.452. The van der Waals surface area contributed by atoms with Crippen LogP contribution in [0.5, 0.6) is 0 Å². The fourth-order valence-electron chi connectivity index (χ4n) is 0.452. The lowest BCUT2D eigenvalue weighted by Crippen LogP contribution is -2.28. The number of carbonyl (C=O) groups is 2. The zero-order valence-electron chi connectivity index (χ0n) is 10.9. The molecule has 0 atom stereocenters. The minimum atomic E-state index is 0. The first-order chi connectivity index (χ1) is 6.82. The molecule has 0 saturated carbocycles. The largest absolute Gasteiger partial charge is 0.356 e. The molecule has 0 bridgehead atoms. The van der Waals surface area contributed by atoms with E-state index in [0.29, 0.717) is 0 Å². The van der Waals surface area contributed by atoms with Crippen LogP contribution < -0.4 is 5.32 Å². The van der Waals surface area contributed by atoms with Gasteiger partial charge in [0, 0.05) is 18.4 Å². The number of nitrogens with one attached hydrogen (secondary N) is 1. The summed E-state index contributed by atoms with van der Waals surface area (Å²) in [4.78, 5) is 20.9. The molecule has 0 saturated heterocycles. The van der Waals surface area contributed by atoms with Crippen LogP contribution in [0, 0.1) is 11.8 Å². The van der Waals surface area contributed by atoms with E-state index in [1.54, 1.807) is 6.92 Å². The molecule has 0 rings (SSSR count). The Morgan fingerprint density at radius 3 is 1.53 bits per heavy atom. The number of hydrogen-bond acceptors (Lipinski definition) is 2. The van der Waals surface area contributed by atoms with Crippen LogP contribution in [0.4, 0.5) is 0 Å². The smallest absolute Gasteiger partial charge is 0.222 e. The molecule has 0 unspecified atom stereocenters. The molecule has 1 N–H and O–H groups in total. The Morgan fingerprint density at radius 2 is 1.35 bits per heavy atom. The molecule has 0 aliphatic carbocycles. The van der Waals surface area contributed by atoms with Crippen LogP contribution in [0.2, 0.25) is 0 Å². The molecular weight excluding hydrogens is 214 g/mol. The highest BCUT2D eigenvalue weighted by Gasteiger charge is 2.03. The SMILES string of the molecule is C.C.CC(=O)C(C)C.CCCNC(=O)C(C)C. The quantitative estimate of drug-likeness (QED) is 0.824. The third-order valence-corrected chi connectivity index (χ3v) is 1.89. The Hall–Kier alpha value is -0.860. The first-order valence-corrected chi connectivity index (χ1v) is 5.61. The van der Waals surface area contributed by atoms with E-state index in [0.717, 1.165) is 13.0 Å². The van der Waals surface area contributed by atoms with Crippen LogP contribution in [-0.2, 0) is 9.59 Å². The van der Waals surface area contributed by atoms with Crippen molar-refractivity contribution >= 4 is 11.7 Å². The number of amides is 1. The molecule has 0 heterocycles. The van der Waals surface area contributed by atoms with Gasteiger partial charge in [-0.3, -0.25) is 9.59 Å². The first-order valence-electron chi connectivity index (χ1n) is 5.61. The van der Waals surface area contributed by atoms with Gasteiger partial charge in [0.15, 0.2) is 0 Å². The van der Waals surface area contributed by atoms with Crippen LogP contribution in [-0.4, -0.2) is 18.2 Å². The Balaban J connectivity index is -0.0000000945. The number of carbonyl (C=O) groups excluding carboxylic acids is 2. The predicted octanol–water partition coefficient (Wildman–Crippen LogP) is 3.67. The molecule has 106 valence electrons. The molecule has 0 radical (unpaired) electrons. The lowest BCUT2D eigenvalue weighted by Gasteiger charge is -2.04. The summed E-state index contributed by atoms with van der Waals surface area (Å²) in [5.74, 6) is 0.744. The maximum atomic E-state index is 10.8. The normalized spacial score (nSPS) is 8.47. The van der Waals surface area contributed by atoms with Crippen molar-refractivity contribution in [2.45, 2.75) is 62.8 Å². The van der Waals surface area contributed by atoms with Crippen LogP contribution in [0.15, 0.2) is 0 Å². The maximum absolute atomic E-state index is 10.8. The highest BCUT2D eigenvalue weighted by Crippen LogP contribution is 1.90. The Bertz CT molecular complexity index is 187. The Kier molecular flexibility index (Phi) is 22.4. The summed E-state index contributed by atoms with van der Waals surface area (Å²) in [6.07, 6.45) is 1.01. The standard InChI is InChI=1S/C7H15NO.C5H10O.2CH4/c1-4-5-8-7(9)6(2)3;1-4(2)5(3)6;;/h6H,4-5H2,1-3H3,(H,8,9);4H,1-3H3;2*1H4. The van der Waals surface area contributed by atoms with E-state index in [4.69, 9.17) is 0 Å². The molecule has 3 nitrogen and oxygen atoms in total. The van der Waals surface area contributed by atoms with Crippen molar-refractivity contribution in [2.75, 3.05) is 6.54 Å². The summed E-state index contributed by atoms with van der Waals surface area (Å²) in [5, 5.41) is 2.79. The van der Waals surface area contributed by atoms with E-state index in [9.17, 15) is 9.59 Å². The fraction of sp³-hybridized carbons (Fsp3) is 0.857. The molecule has 17 heavy (non-hydrogen) atoms. The van der Waals surface area contributed by atoms with Crippen LogP contribution in [0.25, 0.3) is 0 Å². The van der Waals surface area contributed by atoms with Crippen molar-refractivity contribution in [3.63, 3.8) is 0 Å². The summed E-state index contributed by atoms with van der Waals surface area (Å²) in [5.41, 5.74) is 0. The van der Waals surface area contributed by atoms with Crippen molar-refractivity contribution in [2.24, 2.45) is 11.8 Å². The second kappa shape index (κ2) is 15.1. The number of hydrogen-bond donors (Lipinski definition) is 1. The minimum absolute atomic E-state index is 0. The second-order valence-corrected chi connectivity index (χ2v) is 4.21. The van der Waals surface area contributed by atoms with Gasteiger partial charge in [0.25, 0.3) is 0 Å². The molecule has 1 amide bonds. The molecular formula is C14H33NO2. The van der Waals surface area contributed by atoms with Gasteiger partial charge in [-0.25, -0.2) is 0 Å². The van der Waals surface area contributed by atoms with Gasteiger partial charge in [0.2, 0.25) is 5.91 Å². The number of Topliss-reactive ketones (excluding diaryl/α,β-unsaturated/α-hetero) is 1. The number of rotatable bonds is 4. The minimum Gasteiger partial charge on any atom is -0.356 e. The summed E-state index contributed by atoms with van der Waals surface area (Å²) in [6.45, 7) is 12.0. The van der Waals surface area contributed by atoms with Gasteiger partial charge in [0.1, 0.15) is 5.78 Å². The van der Waals surface area contributed by atoms with Crippen LogP contribution >= 0.6 is 0 Å². The molecule has 0 aromatic carbocycles. The third kappa shape index (κ3) is 21.1. The average molecular weight is 247 g/mol.